The molecule has 2 aliphatic rings. The lowest BCUT2D eigenvalue weighted by Crippen LogP contribution is -2.39. The Morgan fingerprint density at radius 2 is 1.96 bits per heavy atom. The molecule has 0 saturated heterocycles. The van der Waals surface area contributed by atoms with E-state index in [1.54, 1.807) is 0 Å². The molecule has 1 aliphatic heterocycles. The maximum absolute atomic E-state index is 12.6. The van der Waals surface area contributed by atoms with Crippen LogP contribution in [-0.2, 0) is 14.3 Å². The molecule has 3 unspecified atom stereocenters. The van der Waals surface area contributed by atoms with E-state index in [4.69, 9.17) is 10.5 Å². The van der Waals surface area contributed by atoms with Crippen molar-refractivity contribution in [1.82, 2.24) is 0 Å². The van der Waals surface area contributed by atoms with Gasteiger partial charge in [-0.25, -0.2) is 4.79 Å². The van der Waals surface area contributed by atoms with E-state index in [0.717, 1.165) is 31.4 Å². The summed E-state index contributed by atoms with van der Waals surface area (Å²) in [6, 6.07) is 8.61. The molecular weight excluding hydrogens is 318 g/mol. The van der Waals surface area contributed by atoms with Crippen molar-refractivity contribution in [2.24, 2.45) is 16.8 Å². The zero-order valence-corrected chi connectivity index (χ0v) is 14.6. The number of ether oxygens (including phenoxy) is 1. The molecule has 134 valence electrons. The Hall–Kier alpha value is -2.37. The number of carbonyl (C=O) groups excluding carboxylic acids is 2. The number of carbonyl (C=O) groups is 2. The summed E-state index contributed by atoms with van der Waals surface area (Å²) in [7, 11) is 0. The Morgan fingerprint density at radius 3 is 2.64 bits per heavy atom. The molecule has 3 rings (SSSR count). The molecule has 6 heteroatoms. The number of para-hydroxylation sites is 1. The van der Waals surface area contributed by atoms with Crippen LogP contribution in [0.25, 0.3) is 0 Å². The Morgan fingerprint density at radius 1 is 1.24 bits per heavy atom. The number of esters is 1. The summed E-state index contributed by atoms with van der Waals surface area (Å²) >= 11 is 0. The zero-order chi connectivity index (χ0) is 17.8. The van der Waals surface area contributed by atoms with Gasteiger partial charge in [0, 0.05) is 6.42 Å². The molecule has 1 aliphatic carbocycles. The Labute approximate surface area is 148 Å². The lowest BCUT2D eigenvalue weighted by Gasteiger charge is -2.30. The first-order valence-corrected chi connectivity index (χ1v) is 9.02. The van der Waals surface area contributed by atoms with E-state index in [-0.39, 0.29) is 18.2 Å². The molecule has 6 nitrogen and oxygen atoms in total. The van der Waals surface area contributed by atoms with Gasteiger partial charge in [0.1, 0.15) is 17.9 Å². The van der Waals surface area contributed by atoms with Gasteiger partial charge >= 0.3 is 5.97 Å². The predicted molar refractivity (Wildman–Crippen MR) is 96.1 cm³/mol. The Bertz CT molecular complexity index is 659. The maximum atomic E-state index is 12.6. The molecule has 25 heavy (non-hydrogen) atoms. The number of nitrogens with two attached hydrogens (primary N) is 1. The van der Waals surface area contributed by atoms with Crippen molar-refractivity contribution in [2.75, 3.05) is 5.01 Å². The quantitative estimate of drug-likeness (QED) is 0.833. The average molecular weight is 343 g/mol. The first-order valence-electron chi connectivity index (χ1n) is 9.02. The lowest BCUT2D eigenvalue weighted by molar-refractivity contribution is -0.145. The van der Waals surface area contributed by atoms with Crippen molar-refractivity contribution in [2.45, 2.75) is 57.6 Å². The van der Waals surface area contributed by atoms with Gasteiger partial charge in [-0.05, 0) is 43.7 Å². The van der Waals surface area contributed by atoms with E-state index in [1.807, 2.05) is 30.3 Å². The average Bonchev–Trinajstić information content (AvgIpc) is 3.09. The molecule has 1 aromatic rings. The topological polar surface area (TPSA) is 85.0 Å². The van der Waals surface area contributed by atoms with Crippen LogP contribution in [0.4, 0.5) is 5.69 Å². The SMILES string of the molecule is CCC1CCCCC1OC(=O)C1=NN(c2ccccc2)C(C(N)=O)C1. The Kier molecular flexibility index (Phi) is 5.36. The number of primary amides is 1. The minimum Gasteiger partial charge on any atom is -0.458 e. The highest BCUT2D eigenvalue weighted by Gasteiger charge is 2.37. The number of hydrazone groups is 1. The van der Waals surface area contributed by atoms with E-state index in [9.17, 15) is 9.59 Å². The number of benzene rings is 1. The first-order chi connectivity index (χ1) is 12.1. The fourth-order valence-corrected chi connectivity index (χ4v) is 3.68. The fraction of sp³-hybridized carbons (Fsp3) is 0.526. The van der Waals surface area contributed by atoms with Crippen LogP contribution in [0.5, 0.6) is 0 Å². The number of anilines is 1. The van der Waals surface area contributed by atoms with Crippen molar-refractivity contribution in [1.29, 1.82) is 0 Å². The minimum atomic E-state index is -0.654. The maximum Gasteiger partial charge on any atom is 0.354 e. The molecule has 0 bridgehead atoms. The highest BCUT2D eigenvalue weighted by Crippen LogP contribution is 2.30. The van der Waals surface area contributed by atoms with Crippen LogP contribution in [0.15, 0.2) is 35.4 Å². The number of hydrogen-bond acceptors (Lipinski definition) is 5. The van der Waals surface area contributed by atoms with E-state index >= 15 is 0 Å². The summed E-state index contributed by atoms with van der Waals surface area (Å²) in [6.07, 6.45) is 5.42. The monoisotopic (exact) mass is 343 g/mol. The second-order valence-corrected chi connectivity index (χ2v) is 6.75. The molecule has 0 spiro atoms. The summed E-state index contributed by atoms with van der Waals surface area (Å²) in [5.74, 6) is -0.508. The van der Waals surface area contributed by atoms with Crippen LogP contribution in [0.1, 0.15) is 45.4 Å². The summed E-state index contributed by atoms with van der Waals surface area (Å²) in [5, 5.41) is 5.88. The highest BCUT2D eigenvalue weighted by molar-refractivity contribution is 6.38. The smallest absolute Gasteiger partial charge is 0.354 e. The first kappa shape index (κ1) is 17.5. The van der Waals surface area contributed by atoms with E-state index in [1.165, 1.54) is 11.4 Å². The fourth-order valence-electron chi connectivity index (χ4n) is 3.68. The van der Waals surface area contributed by atoms with Crippen molar-refractivity contribution >= 4 is 23.3 Å². The lowest BCUT2D eigenvalue weighted by atomic mass is 9.85. The van der Waals surface area contributed by atoms with Gasteiger partial charge < -0.3 is 10.5 Å². The van der Waals surface area contributed by atoms with E-state index < -0.39 is 17.9 Å². The number of nitrogens with zero attached hydrogens (tertiary/aromatic N) is 2. The number of amides is 1. The van der Waals surface area contributed by atoms with Crippen molar-refractivity contribution in [3.05, 3.63) is 30.3 Å². The second kappa shape index (κ2) is 7.68. The predicted octanol–water partition coefficient (Wildman–Crippen LogP) is 2.62. The number of rotatable bonds is 5. The van der Waals surface area contributed by atoms with Crippen LogP contribution in [0.2, 0.25) is 0 Å². The molecule has 3 atom stereocenters. The van der Waals surface area contributed by atoms with Gasteiger partial charge in [0.2, 0.25) is 5.91 Å². The van der Waals surface area contributed by atoms with E-state index in [2.05, 4.69) is 12.0 Å². The van der Waals surface area contributed by atoms with Crippen molar-refractivity contribution in [3.8, 4) is 0 Å². The van der Waals surface area contributed by atoms with Crippen LogP contribution in [0.3, 0.4) is 0 Å². The summed E-state index contributed by atoms with van der Waals surface area (Å²) in [4.78, 5) is 24.4. The Balaban J connectivity index is 1.75. The van der Waals surface area contributed by atoms with Gasteiger partial charge in [-0.2, -0.15) is 5.10 Å². The normalized spacial score (nSPS) is 26.2. The van der Waals surface area contributed by atoms with Gasteiger partial charge in [-0.3, -0.25) is 9.80 Å². The molecule has 0 radical (unpaired) electrons. The summed E-state index contributed by atoms with van der Waals surface area (Å²) in [6.45, 7) is 2.13. The third kappa shape index (κ3) is 3.83. The van der Waals surface area contributed by atoms with Crippen LogP contribution < -0.4 is 10.7 Å². The summed E-state index contributed by atoms with van der Waals surface area (Å²) in [5.41, 5.74) is 6.52. The second-order valence-electron chi connectivity index (χ2n) is 6.75. The van der Waals surface area contributed by atoms with Crippen molar-refractivity contribution in [3.63, 3.8) is 0 Å². The molecule has 0 aromatic heterocycles. The third-order valence-electron chi connectivity index (χ3n) is 5.12. The standard InChI is InChI=1S/C19H25N3O3/c1-2-13-8-6-7-11-17(13)25-19(24)15-12-16(18(20)23)22(21-15)14-9-4-3-5-10-14/h3-5,9-10,13,16-17H,2,6-8,11-12H2,1H3,(H2,20,23). The highest BCUT2D eigenvalue weighted by atomic mass is 16.5. The molecular formula is C19H25N3O3. The van der Waals surface area contributed by atoms with Gasteiger partial charge in [0.05, 0.1) is 5.69 Å². The van der Waals surface area contributed by atoms with Crippen molar-refractivity contribution < 1.29 is 14.3 Å². The van der Waals surface area contributed by atoms with Gasteiger partial charge in [0.15, 0.2) is 0 Å². The minimum absolute atomic E-state index is 0.0493. The van der Waals surface area contributed by atoms with Crippen LogP contribution in [-0.4, -0.2) is 29.7 Å². The third-order valence-corrected chi connectivity index (χ3v) is 5.12. The largest absolute Gasteiger partial charge is 0.458 e. The van der Waals surface area contributed by atoms with Crippen LogP contribution >= 0.6 is 0 Å². The van der Waals surface area contributed by atoms with Gasteiger partial charge in [-0.1, -0.05) is 31.5 Å². The van der Waals surface area contributed by atoms with Crippen LogP contribution in [0, 0.1) is 5.92 Å². The summed E-state index contributed by atoms with van der Waals surface area (Å²) < 4.78 is 5.74. The number of hydrogen-bond donors (Lipinski definition) is 1. The molecule has 2 N–H and O–H groups in total. The molecule has 1 aromatic carbocycles. The molecule has 1 saturated carbocycles. The van der Waals surface area contributed by atoms with E-state index in [0.29, 0.717) is 5.92 Å². The van der Waals surface area contributed by atoms with Gasteiger partial charge in [0.25, 0.3) is 0 Å². The molecule has 1 fully saturated rings. The van der Waals surface area contributed by atoms with Gasteiger partial charge in [-0.15, -0.1) is 0 Å². The zero-order valence-electron chi connectivity index (χ0n) is 14.6. The molecule has 1 amide bonds. The molecule has 1 heterocycles.